The molecule has 0 aromatic carbocycles. The van der Waals surface area contributed by atoms with Crippen LogP contribution in [0.3, 0.4) is 0 Å². The van der Waals surface area contributed by atoms with Crippen molar-refractivity contribution in [2.24, 2.45) is 16.7 Å². The van der Waals surface area contributed by atoms with Crippen LogP contribution < -0.4 is 0 Å². The molecule has 0 spiro atoms. The molecule has 0 aromatic heterocycles. The molecule has 1 fully saturated rings. The second kappa shape index (κ2) is 1.87. The van der Waals surface area contributed by atoms with Crippen LogP contribution in [0.1, 0.15) is 34.1 Å². The smallest absolute Gasteiger partial charge is 0.0144 e. The van der Waals surface area contributed by atoms with Crippen LogP contribution in [-0.2, 0) is 0 Å². The van der Waals surface area contributed by atoms with E-state index in [0.29, 0.717) is 10.8 Å². The molecule has 0 heterocycles. The van der Waals surface area contributed by atoms with Gasteiger partial charge in [0.25, 0.3) is 0 Å². The summed E-state index contributed by atoms with van der Waals surface area (Å²) in [4.78, 5) is 0. The molecule has 0 aliphatic heterocycles. The maximum atomic E-state index is 3.86. The Morgan fingerprint density at radius 3 is 2.00 bits per heavy atom. The summed E-state index contributed by atoms with van der Waals surface area (Å²) in [7, 11) is 0. The zero-order chi connectivity index (χ0) is 7.99. The first-order valence-electron chi connectivity index (χ1n) is 4.04. The standard InChI is InChI=1S/C10H18/c1-6-9(2,3)8-7-10(8,4)5/h6,8H,1,7H2,2-5H3. The molecule has 1 saturated carbocycles. The first-order chi connectivity index (χ1) is 4.40. The van der Waals surface area contributed by atoms with Gasteiger partial charge in [-0.1, -0.05) is 33.8 Å². The van der Waals surface area contributed by atoms with Crippen LogP contribution in [0.15, 0.2) is 12.7 Å². The molecule has 0 nitrogen and oxygen atoms in total. The molecule has 1 rings (SSSR count). The molecular formula is C10H18. The Morgan fingerprint density at radius 2 is 1.90 bits per heavy atom. The fourth-order valence-electron chi connectivity index (χ4n) is 1.88. The van der Waals surface area contributed by atoms with Crippen LogP contribution >= 0.6 is 0 Å². The Hall–Kier alpha value is -0.260. The molecule has 10 heavy (non-hydrogen) atoms. The molecule has 1 aliphatic carbocycles. The van der Waals surface area contributed by atoms with Gasteiger partial charge in [0.05, 0.1) is 0 Å². The Morgan fingerprint density at radius 1 is 1.50 bits per heavy atom. The predicted molar refractivity (Wildman–Crippen MR) is 45.9 cm³/mol. The number of allylic oxidation sites excluding steroid dienone is 1. The summed E-state index contributed by atoms with van der Waals surface area (Å²) in [6, 6.07) is 0. The molecular weight excluding hydrogens is 120 g/mol. The monoisotopic (exact) mass is 138 g/mol. The van der Waals surface area contributed by atoms with Crippen molar-refractivity contribution in [2.45, 2.75) is 34.1 Å². The van der Waals surface area contributed by atoms with Crippen LogP contribution in [0.25, 0.3) is 0 Å². The first-order valence-corrected chi connectivity index (χ1v) is 4.04. The minimum Gasteiger partial charge on any atom is -0.103 e. The number of hydrogen-bond acceptors (Lipinski definition) is 0. The molecule has 1 aliphatic rings. The maximum Gasteiger partial charge on any atom is -0.0144 e. The maximum absolute atomic E-state index is 3.86. The molecule has 0 aromatic rings. The summed E-state index contributed by atoms with van der Waals surface area (Å²) in [5, 5.41) is 0. The van der Waals surface area contributed by atoms with Crippen molar-refractivity contribution >= 4 is 0 Å². The second-order valence-corrected chi connectivity index (χ2v) is 4.77. The molecule has 1 unspecified atom stereocenters. The van der Waals surface area contributed by atoms with Gasteiger partial charge in [0.2, 0.25) is 0 Å². The van der Waals surface area contributed by atoms with Gasteiger partial charge in [0, 0.05) is 0 Å². The summed E-state index contributed by atoms with van der Waals surface area (Å²) in [5.41, 5.74) is 0.932. The molecule has 0 N–H and O–H groups in total. The highest BCUT2D eigenvalue weighted by atomic mass is 14.6. The Labute approximate surface area is 64.3 Å². The van der Waals surface area contributed by atoms with Crippen LogP contribution in [0.5, 0.6) is 0 Å². The zero-order valence-corrected chi connectivity index (χ0v) is 7.57. The molecule has 0 saturated heterocycles. The van der Waals surface area contributed by atoms with Crippen molar-refractivity contribution in [1.82, 2.24) is 0 Å². The third-order valence-electron chi connectivity index (χ3n) is 2.94. The molecule has 0 amide bonds. The molecule has 58 valence electrons. The highest BCUT2D eigenvalue weighted by molar-refractivity contribution is 5.08. The fraction of sp³-hybridized carbons (Fsp3) is 0.800. The highest BCUT2D eigenvalue weighted by Crippen LogP contribution is 2.60. The third-order valence-corrected chi connectivity index (χ3v) is 2.94. The van der Waals surface area contributed by atoms with Crippen LogP contribution in [0.2, 0.25) is 0 Å². The first kappa shape index (κ1) is 7.84. The van der Waals surface area contributed by atoms with Gasteiger partial charge < -0.3 is 0 Å². The van der Waals surface area contributed by atoms with Gasteiger partial charge in [-0.3, -0.25) is 0 Å². The average molecular weight is 138 g/mol. The lowest BCUT2D eigenvalue weighted by atomic mass is 9.84. The van der Waals surface area contributed by atoms with Crippen LogP contribution in [0, 0.1) is 16.7 Å². The molecule has 0 bridgehead atoms. The number of rotatable bonds is 2. The lowest BCUT2D eigenvalue weighted by molar-refractivity contribution is 0.348. The van der Waals surface area contributed by atoms with E-state index in [-0.39, 0.29) is 0 Å². The van der Waals surface area contributed by atoms with Gasteiger partial charge in [0.1, 0.15) is 0 Å². The normalized spacial score (nSPS) is 29.8. The SMILES string of the molecule is C=CC(C)(C)C1CC1(C)C. The molecule has 1 atom stereocenters. The van der Waals surface area contributed by atoms with E-state index >= 15 is 0 Å². The summed E-state index contributed by atoms with van der Waals surface area (Å²) < 4.78 is 0. The Bertz CT molecular complexity index is 151. The minimum absolute atomic E-state index is 0.351. The Kier molecular flexibility index (Phi) is 1.47. The fourth-order valence-corrected chi connectivity index (χ4v) is 1.88. The van der Waals surface area contributed by atoms with Crippen molar-refractivity contribution in [2.75, 3.05) is 0 Å². The van der Waals surface area contributed by atoms with Gasteiger partial charge >= 0.3 is 0 Å². The molecule has 0 heteroatoms. The van der Waals surface area contributed by atoms with Crippen LogP contribution in [-0.4, -0.2) is 0 Å². The Balaban J connectivity index is 2.62. The van der Waals surface area contributed by atoms with E-state index in [1.807, 2.05) is 0 Å². The lowest BCUT2D eigenvalue weighted by Gasteiger charge is -2.21. The quantitative estimate of drug-likeness (QED) is 0.514. The van der Waals surface area contributed by atoms with Crippen molar-refractivity contribution in [3.8, 4) is 0 Å². The van der Waals surface area contributed by atoms with Crippen molar-refractivity contribution < 1.29 is 0 Å². The lowest BCUT2D eigenvalue weighted by Crippen LogP contribution is -2.13. The average Bonchev–Trinajstić information content (AvgIpc) is 2.41. The van der Waals surface area contributed by atoms with E-state index in [1.54, 1.807) is 0 Å². The summed E-state index contributed by atoms with van der Waals surface area (Å²) >= 11 is 0. The van der Waals surface area contributed by atoms with Crippen molar-refractivity contribution in [1.29, 1.82) is 0 Å². The van der Waals surface area contributed by atoms with E-state index in [2.05, 4.69) is 40.3 Å². The molecule has 0 radical (unpaired) electrons. The summed E-state index contributed by atoms with van der Waals surface area (Å²) in [6.45, 7) is 13.1. The van der Waals surface area contributed by atoms with Gasteiger partial charge in [-0.25, -0.2) is 0 Å². The largest absolute Gasteiger partial charge is 0.103 e. The van der Waals surface area contributed by atoms with Crippen molar-refractivity contribution in [3.63, 3.8) is 0 Å². The van der Waals surface area contributed by atoms with E-state index in [9.17, 15) is 0 Å². The van der Waals surface area contributed by atoms with E-state index in [0.717, 1.165) is 5.92 Å². The highest BCUT2D eigenvalue weighted by Gasteiger charge is 2.52. The van der Waals surface area contributed by atoms with E-state index < -0.39 is 0 Å². The number of hydrogen-bond donors (Lipinski definition) is 0. The van der Waals surface area contributed by atoms with Gasteiger partial charge in [-0.05, 0) is 23.2 Å². The minimum atomic E-state index is 0.351. The van der Waals surface area contributed by atoms with Crippen LogP contribution in [0.4, 0.5) is 0 Å². The van der Waals surface area contributed by atoms with E-state index in [4.69, 9.17) is 0 Å². The summed E-state index contributed by atoms with van der Waals surface area (Å²) in [6.07, 6.45) is 3.46. The van der Waals surface area contributed by atoms with Gasteiger partial charge in [-0.2, -0.15) is 0 Å². The van der Waals surface area contributed by atoms with E-state index in [1.165, 1.54) is 6.42 Å². The third kappa shape index (κ3) is 1.12. The topological polar surface area (TPSA) is 0 Å². The second-order valence-electron chi connectivity index (χ2n) is 4.77. The predicted octanol–water partition coefficient (Wildman–Crippen LogP) is 3.24. The summed E-state index contributed by atoms with van der Waals surface area (Å²) in [5.74, 6) is 0.859. The zero-order valence-electron chi connectivity index (χ0n) is 7.57. The van der Waals surface area contributed by atoms with Gasteiger partial charge in [-0.15, -0.1) is 6.58 Å². The van der Waals surface area contributed by atoms with Crippen molar-refractivity contribution in [3.05, 3.63) is 12.7 Å². The van der Waals surface area contributed by atoms with Gasteiger partial charge in [0.15, 0.2) is 0 Å².